The molecule has 0 saturated carbocycles. The Balaban J connectivity index is 2.43. The molecule has 1 N–H and O–H groups in total. The Morgan fingerprint density at radius 3 is 2.35 bits per heavy atom. The quantitative estimate of drug-likeness (QED) is 0.478. The molecular weight excluding hydrogens is 276 g/mol. The van der Waals surface area contributed by atoms with Gasteiger partial charge in [-0.2, -0.15) is 5.48 Å². The SMILES string of the molecule is CC(C)(C)NOCCN1C(=O)CC(SC(C)(C)C)C1=O. The first-order valence-corrected chi connectivity index (χ1v) is 7.78. The zero-order chi connectivity index (χ0) is 15.6. The number of hydrogen-bond donors (Lipinski definition) is 1. The largest absolute Gasteiger partial charge is 0.299 e. The Kier molecular flexibility index (Phi) is 5.63. The van der Waals surface area contributed by atoms with Gasteiger partial charge in [0.2, 0.25) is 11.8 Å². The van der Waals surface area contributed by atoms with Crippen molar-refractivity contribution in [1.29, 1.82) is 0 Å². The molecule has 0 spiro atoms. The molecule has 0 radical (unpaired) electrons. The highest BCUT2D eigenvalue weighted by atomic mass is 32.2. The van der Waals surface area contributed by atoms with Gasteiger partial charge >= 0.3 is 0 Å². The lowest BCUT2D eigenvalue weighted by Crippen LogP contribution is -2.40. The highest BCUT2D eigenvalue weighted by molar-refractivity contribution is 8.01. The minimum absolute atomic E-state index is 0.0269. The van der Waals surface area contributed by atoms with E-state index in [1.165, 1.54) is 4.90 Å². The molecular formula is C14H26N2O3S. The van der Waals surface area contributed by atoms with Crippen LogP contribution in [0.25, 0.3) is 0 Å². The molecule has 0 aliphatic carbocycles. The summed E-state index contributed by atoms with van der Waals surface area (Å²) in [5, 5.41) is -0.252. The second-order valence-electron chi connectivity index (χ2n) is 7.01. The van der Waals surface area contributed by atoms with Gasteiger partial charge in [0.25, 0.3) is 0 Å². The third-order valence-electron chi connectivity index (χ3n) is 2.49. The average molecular weight is 302 g/mol. The molecule has 1 unspecified atom stereocenters. The number of nitrogens with zero attached hydrogens (tertiary/aromatic N) is 1. The molecule has 1 aliphatic rings. The van der Waals surface area contributed by atoms with Gasteiger partial charge in [0.15, 0.2) is 0 Å². The van der Waals surface area contributed by atoms with Crippen LogP contribution in [0.3, 0.4) is 0 Å². The first kappa shape index (κ1) is 17.5. The van der Waals surface area contributed by atoms with Crippen molar-refractivity contribution < 1.29 is 14.4 Å². The van der Waals surface area contributed by atoms with Crippen LogP contribution in [0.4, 0.5) is 0 Å². The Morgan fingerprint density at radius 2 is 1.85 bits per heavy atom. The van der Waals surface area contributed by atoms with E-state index in [0.717, 1.165) is 0 Å². The maximum atomic E-state index is 12.2. The lowest BCUT2D eigenvalue weighted by Gasteiger charge is -2.22. The van der Waals surface area contributed by atoms with Crippen molar-refractivity contribution in [2.75, 3.05) is 13.2 Å². The second-order valence-corrected chi connectivity index (χ2v) is 9.04. The normalized spacial score (nSPS) is 20.9. The molecule has 0 bridgehead atoms. The molecule has 0 aromatic rings. The number of carbonyl (C=O) groups excluding carboxylic acids is 2. The van der Waals surface area contributed by atoms with Crippen LogP contribution in [0.1, 0.15) is 48.0 Å². The van der Waals surface area contributed by atoms with Crippen LogP contribution in [0, 0.1) is 0 Å². The summed E-state index contributed by atoms with van der Waals surface area (Å²) in [5.74, 6) is -0.189. The van der Waals surface area contributed by atoms with Crippen LogP contribution in [-0.4, -0.2) is 45.4 Å². The van der Waals surface area contributed by atoms with Gasteiger partial charge in [-0.15, -0.1) is 11.8 Å². The van der Waals surface area contributed by atoms with E-state index in [2.05, 4.69) is 26.3 Å². The molecule has 5 nitrogen and oxygen atoms in total. The lowest BCUT2D eigenvalue weighted by molar-refractivity contribution is -0.139. The fraction of sp³-hybridized carbons (Fsp3) is 0.857. The highest BCUT2D eigenvalue weighted by Crippen LogP contribution is 2.34. The van der Waals surface area contributed by atoms with Crippen molar-refractivity contribution in [3.8, 4) is 0 Å². The first-order chi connectivity index (χ1) is 8.99. The van der Waals surface area contributed by atoms with Crippen molar-refractivity contribution >= 4 is 23.6 Å². The number of nitrogens with one attached hydrogen (secondary N) is 1. The predicted octanol–water partition coefficient (Wildman–Crippen LogP) is 1.97. The van der Waals surface area contributed by atoms with Crippen molar-refractivity contribution in [2.24, 2.45) is 0 Å². The molecule has 1 heterocycles. The third kappa shape index (κ3) is 5.81. The van der Waals surface area contributed by atoms with Gasteiger partial charge in [0.05, 0.1) is 18.4 Å². The highest BCUT2D eigenvalue weighted by Gasteiger charge is 2.40. The number of likely N-dealkylation sites (tertiary alicyclic amines) is 1. The van der Waals surface area contributed by atoms with Crippen LogP contribution in [0.2, 0.25) is 0 Å². The minimum atomic E-state index is -0.252. The monoisotopic (exact) mass is 302 g/mol. The van der Waals surface area contributed by atoms with E-state index in [0.29, 0.717) is 19.6 Å². The summed E-state index contributed by atoms with van der Waals surface area (Å²) < 4.78 is -0.0269. The van der Waals surface area contributed by atoms with E-state index in [1.54, 1.807) is 11.8 Å². The van der Waals surface area contributed by atoms with Gasteiger partial charge in [0, 0.05) is 16.7 Å². The smallest absolute Gasteiger partial charge is 0.242 e. The maximum Gasteiger partial charge on any atom is 0.242 e. The molecule has 116 valence electrons. The van der Waals surface area contributed by atoms with E-state index >= 15 is 0 Å². The zero-order valence-electron chi connectivity index (χ0n) is 13.3. The topological polar surface area (TPSA) is 58.6 Å². The Labute approximate surface area is 125 Å². The van der Waals surface area contributed by atoms with Crippen molar-refractivity contribution in [3.05, 3.63) is 0 Å². The molecule has 0 aromatic heterocycles. The average Bonchev–Trinajstić information content (AvgIpc) is 2.47. The minimum Gasteiger partial charge on any atom is -0.299 e. The standard InChI is InChI=1S/C14H26N2O3S/c1-13(2,3)15-19-8-7-16-11(17)9-10(12(16)18)20-14(4,5)6/h10,15H,7-9H2,1-6H3. The number of hydrogen-bond acceptors (Lipinski definition) is 5. The molecule has 0 aromatic carbocycles. The van der Waals surface area contributed by atoms with Crippen LogP contribution in [0.15, 0.2) is 0 Å². The Hall–Kier alpha value is -0.590. The van der Waals surface area contributed by atoms with Crippen molar-refractivity contribution in [3.63, 3.8) is 0 Å². The molecule has 1 fully saturated rings. The van der Waals surface area contributed by atoms with Crippen LogP contribution in [-0.2, 0) is 14.4 Å². The van der Waals surface area contributed by atoms with Gasteiger partial charge in [0.1, 0.15) is 0 Å². The maximum absolute atomic E-state index is 12.2. The van der Waals surface area contributed by atoms with E-state index in [4.69, 9.17) is 4.84 Å². The predicted molar refractivity (Wildman–Crippen MR) is 81.3 cm³/mol. The molecule has 1 rings (SSSR count). The van der Waals surface area contributed by atoms with Gasteiger partial charge in [-0.3, -0.25) is 19.3 Å². The molecule has 1 atom stereocenters. The van der Waals surface area contributed by atoms with Crippen molar-refractivity contribution in [2.45, 2.75) is 63.5 Å². The summed E-state index contributed by atoms with van der Waals surface area (Å²) in [7, 11) is 0. The summed E-state index contributed by atoms with van der Waals surface area (Å²) in [6, 6.07) is 0. The van der Waals surface area contributed by atoms with Crippen LogP contribution in [0.5, 0.6) is 0 Å². The Bertz CT molecular complexity index is 372. The molecule has 2 amide bonds. The van der Waals surface area contributed by atoms with Gasteiger partial charge in [-0.25, -0.2) is 0 Å². The number of carbonyl (C=O) groups is 2. The summed E-state index contributed by atoms with van der Waals surface area (Å²) in [5.41, 5.74) is 2.72. The number of hydroxylamine groups is 1. The molecule has 1 saturated heterocycles. The summed E-state index contributed by atoms with van der Waals surface area (Å²) in [6.07, 6.45) is 0.299. The number of imide groups is 1. The second kappa shape index (κ2) is 6.45. The lowest BCUT2D eigenvalue weighted by atomic mass is 10.1. The molecule has 20 heavy (non-hydrogen) atoms. The number of amides is 2. The van der Waals surface area contributed by atoms with Crippen LogP contribution < -0.4 is 5.48 Å². The first-order valence-electron chi connectivity index (χ1n) is 6.90. The van der Waals surface area contributed by atoms with E-state index < -0.39 is 0 Å². The van der Waals surface area contributed by atoms with Gasteiger partial charge in [-0.1, -0.05) is 20.8 Å². The Morgan fingerprint density at radius 1 is 1.25 bits per heavy atom. The zero-order valence-corrected chi connectivity index (χ0v) is 14.1. The van der Waals surface area contributed by atoms with E-state index in [9.17, 15) is 9.59 Å². The summed E-state index contributed by atoms with van der Waals surface area (Å²) in [4.78, 5) is 30.7. The fourth-order valence-corrected chi connectivity index (χ4v) is 3.12. The summed E-state index contributed by atoms with van der Waals surface area (Å²) >= 11 is 1.55. The number of rotatable bonds is 5. The van der Waals surface area contributed by atoms with E-state index in [1.807, 2.05) is 20.8 Å². The third-order valence-corrected chi connectivity index (χ3v) is 3.85. The molecule has 1 aliphatic heterocycles. The number of thioether (sulfide) groups is 1. The fourth-order valence-electron chi connectivity index (χ4n) is 1.81. The van der Waals surface area contributed by atoms with Gasteiger partial charge in [-0.05, 0) is 20.8 Å². The van der Waals surface area contributed by atoms with Crippen molar-refractivity contribution in [1.82, 2.24) is 10.4 Å². The molecule has 6 heteroatoms. The van der Waals surface area contributed by atoms with Crippen LogP contribution >= 0.6 is 11.8 Å². The summed E-state index contributed by atoms with van der Waals surface area (Å²) in [6.45, 7) is 12.7. The van der Waals surface area contributed by atoms with Gasteiger partial charge < -0.3 is 0 Å². The van der Waals surface area contributed by atoms with E-state index in [-0.39, 0.29) is 27.4 Å².